The summed E-state index contributed by atoms with van der Waals surface area (Å²) in [7, 11) is 3.04. The number of carboxylic acids is 1. The third kappa shape index (κ3) is 3.87. The van der Waals surface area contributed by atoms with Gasteiger partial charge < -0.3 is 10.0 Å². The van der Waals surface area contributed by atoms with E-state index < -0.39 is 29.5 Å². The van der Waals surface area contributed by atoms with Gasteiger partial charge in [-0.15, -0.1) is 0 Å². The van der Waals surface area contributed by atoms with Crippen LogP contribution in [0.4, 0.5) is 13.2 Å². The van der Waals surface area contributed by atoms with E-state index in [2.05, 4.69) is 0 Å². The maximum Gasteiger partial charge on any atom is 0.417 e. The van der Waals surface area contributed by atoms with E-state index in [9.17, 15) is 27.9 Å². The lowest BCUT2D eigenvalue weighted by Gasteiger charge is -2.19. The largest absolute Gasteiger partial charge is 0.481 e. The fourth-order valence-corrected chi connectivity index (χ4v) is 2.64. The molecule has 0 saturated heterocycles. The summed E-state index contributed by atoms with van der Waals surface area (Å²) in [4.78, 5) is 25.0. The van der Waals surface area contributed by atoms with E-state index in [1.54, 1.807) is 0 Å². The summed E-state index contributed by atoms with van der Waals surface area (Å²) in [5, 5.41) is 9.32. The molecular formula is C19H18F3NO3. The Morgan fingerprint density at radius 2 is 1.69 bits per heavy atom. The Balaban J connectivity index is 2.69. The molecule has 2 rings (SSSR count). The summed E-state index contributed by atoms with van der Waals surface area (Å²) in [6.45, 7) is 1.39. The summed E-state index contributed by atoms with van der Waals surface area (Å²) in [5.41, 5.74) is -0.358. The quantitative estimate of drug-likeness (QED) is 0.881. The summed E-state index contributed by atoms with van der Waals surface area (Å²) in [5.74, 6) is -2.63. The number of benzene rings is 2. The van der Waals surface area contributed by atoms with Crippen LogP contribution in [0.5, 0.6) is 0 Å². The molecule has 26 heavy (non-hydrogen) atoms. The van der Waals surface area contributed by atoms with Gasteiger partial charge in [0.1, 0.15) is 0 Å². The van der Waals surface area contributed by atoms with Crippen molar-refractivity contribution in [1.82, 2.24) is 4.90 Å². The molecule has 0 bridgehead atoms. The van der Waals surface area contributed by atoms with Gasteiger partial charge in [0.05, 0.1) is 11.5 Å². The lowest BCUT2D eigenvalue weighted by Crippen LogP contribution is -2.24. The zero-order valence-electron chi connectivity index (χ0n) is 14.5. The number of carboxylic acid groups (broad SMARTS) is 1. The molecule has 0 aliphatic carbocycles. The van der Waals surface area contributed by atoms with Crippen LogP contribution in [-0.4, -0.2) is 36.0 Å². The number of halogens is 3. The van der Waals surface area contributed by atoms with Gasteiger partial charge in [0.15, 0.2) is 0 Å². The number of amides is 1. The maximum atomic E-state index is 13.3. The van der Waals surface area contributed by atoms with Crippen LogP contribution in [0, 0.1) is 0 Å². The highest BCUT2D eigenvalue weighted by Gasteiger charge is 2.33. The fourth-order valence-electron chi connectivity index (χ4n) is 2.64. The Kier molecular flexibility index (Phi) is 5.39. The Hall–Kier alpha value is -2.83. The van der Waals surface area contributed by atoms with Gasteiger partial charge in [-0.2, -0.15) is 13.2 Å². The Bertz CT molecular complexity index is 844. The van der Waals surface area contributed by atoms with Gasteiger partial charge in [-0.3, -0.25) is 9.59 Å². The first kappa shape index (κ1) is 19.5. The molecule has 7 heteroatoms. The van der Waals surface area contributed by atoms with E-state index in [1.807, 2.05) is 0 Å². The highest BCUT2D eigenvalue weighted by molar-refractivity contribution is 5.97. The third-order valence-corrected chi connectivity index (χ3v) is 4.07. The maximum absolute atomic E-state index is 13.3. The molecule has 0 spiro atoms. The van der Waals surface area contributed by atoms with E-state index in [0.29, 0.717) is 0 Å². The summed E-state index contributed by atoms with van der Waals surface area (Å²) >= 11 is 0. The second kappa shape index (κ2) is 7.19. The van der Waals surface area contributed by atoms with Crippen LogP contribution in [-0.2, 0) is 11.0 Å². The third-order valence-electron chi connectivity index (χ3n) is 4.07. The van der Waals surface area contributed by atoms with E-state index in [1.165, 1.54) is 62.3 Å². The van der Waals surface area contributed by atoms with E-state index >= 15 is 0 Å². The molecule has 0 saturated carbocycles. The molecule has 0 heterocycles. The molecule has 1 amide bonds. The molecule has 138 valence electrons. The second-order valence-corrected chi connectivity index (χ2v) is 6.10. The molecule has 2 aromatic carbocycles. The molecule has 0 fully saturated rings. The number of aliphatic carboxylic acids is 1. The minimum Gasteiger partial charge on any atom is -0.481 e. The monoisotopic (exact) mass is 365 g/mol. The van der Waals surface area contributed by atoms with Gasteiger partial charge in [-0.05, 0) is 41.8 Å². The fraction of sp³-hybridized carbons (Fsp3) is 0.263. The van der Waals surface area contributed by atoms with Gasteiger partial charge in [-0.25, -0.2) is 0 Å². The first-order valence-electron chi connectivity index (χ1n) is 7.79. The first-order chi connectivity index (χ1) is 12.0. The zero-order valence-corrected chi connectivity index (χ0v) is 14.5. The van der Waals surface area contributed by atoms with E-state index in [4.69, 9.17) is 0 Å². The van der Waals surface area contributed by atoms with Crippen molar-refractivity contribution in [2.45, 2.75) is 19.0 Å². The minimum atomic E-state index is -4.55. The number of rotatable bonds is 4. The number of nitrogens with zero attached hydrogens (tertiary/aromatic N) is 1. The number of alkyl halides is 3. The molecule has 0 radical (unpaired) electrons. The Morgan fingerprint density at radius 1 is 1.08 bits per heavy atom. The number of hydrogen-bond donors (Lipinski definition) is 1. The smallest absolute Gasteiger partial charge is 0.417 e. The van der Waals surface area contributed by atoms with Crippen molar-refractivity contribution >= 4 is 11.9 Å². The molecule has 2 aromatic rings. The van der Waals surface area contributed by atoms with Crippen LogP contribution in [0.15, 0.2) is 42.5 Å². The Morgan fingerprint density at radius 3 is 2.23 bits per heavy atom. The van der Waals surface area contributed by atoms with E-state index in [-0.39, 0.29) is 22.3 Å². The van der Waals surface area contributed by atoms with Crippen LogP contribution in [0.3, 0.4) is 0 Å². The van der Waals surface area contributed by atoms with Crippen LogP contribution >= 0.6 is 0 Å². The number of carbonyl (C=O) groups excluding carboxylic acids is 1. The molecule has 0 aliphatic rings. The van der Waals surface area contributed by atoms with Gasteiger partial charge in [-0.1, -0.05) is 24.3 Å². The van der Waals surface area contributed by atoms with E-state index in [0.717, 1.165) is 6.07 Å². The minimum absolute atomic E-state index is 0.0670. The van der Waals surface area contributed by atoms with Crippen LogP contribution < -0.4 is 0 Å². The highest BCUT2D eigenvalue weighted by atomic mass is 19.4. The summed E-state index contributed by atoms with van der Waals surface area (Å²) < 4.78 is 39.8. The average Bonchev–Trinajstić information content (AvgIpc) is 2.59. The van der Waals surface area contributed by atoms with Crippen molar-refractivity contribution in [3.63, 3.8) is 0 Å². The van der Waals surface area contributed by atoms with Gasteiger partial charge in [0, 0.05) is 19.7 Å². The van der Waals surface area contributed by atoms with Crippen molar-refractivity contribution in [2.75, 3.05) is 14.1 Å². The normalized spacial score (nSPS) is 12.5. The van der Waals surface area contributed by atoms with Crippen molar-refractivity contribution < 1.29 is 27.9 Å². The van der Waals surface area contributed by atoms with Crippen molar-refractivity contribution in [3.05, 3.63) is 59.2 Å². The molecular weight excluding hydrogens is 347 g/mol. The van der Waals surface area contributed by atoms with Crippen LogP contribution in [0.2, 0.25) is 0 Å². The lowest BCUT2D eigenvalue weighted by atomic mass is 9.90. The predicted molar refractivity (Wildman–Crippen MR) is 90.9 cm³/mol. The van der Waals surface area contributed by atoms with Crippen molar-refractivity contribution in [1.29, 1.82) is 0 Å². The molecule has 4 nitrogen and oxygen atoms in total. The standard InChI is InChI=1S/C19H18F3NO3/c1-11(18(25)26)15-10-12(8-9-14(15)17(24)23(2)3)13-6-4-5-7-16(13)19(20,21)22/h4-11H,1-3H3,(H,25,26). The predicted octanol–water partition coefficient (Wildman–Crippen LogP) is 4.26. The van der Waals surface area contributed by atoms with Gasteiger partial charge >= 0.3 is 12.1 Å². The van der Waals surface area contributed by atoms with Crippen LogP contribution in [0.1, 0.15) is 34.3 Å². The van der Waals surface area contributed by atoms with Crippen molar-refractivity contribution in [3.8, 4) is 11.1 Å². The topological polar surface area (TPSA) is 57.6 Å². The second-order valence-electron chi connectivity index (χ2n) is 6.10. The Labute approximate surface area is 148 Å². The lowest BCUT2D eigenvalue weighted by molar-refractivity contribution is -0.138. The van der Waals surface area contributed by atoms with Gasteiger partial charge in [0.2, 0.25) is 0 Å². The van der Waals surface area contributed by atoms with Gasteiger partial charge in [0.25, 0.3) is 5.91 Å². The highest BCUT2D eigenvalue weighted by Crippen LogP contribution is 2.38. The van der Waals surface area contributed by atoms with Crippen LogP contribution in [0.25, 0.3) is 11.1 Å². The number of hydrogen-bond acceptors (Lipinski definition) is 2. The average molecular weight is 365 g/mol. The molecule has 1 N–H and O–H groups in total. The van der Waals surface area contributed by atoms with Crippen molar-refractivity contribution in [2.24, 2.45) is 0 Å². The first-order valence-corrected chi connectivity index (χ1v) is 7.79. The zero-order chi connectivity index (χ0) is 19.6. The number of carbonyl (C=O) groups is 2. The molecule has 1 atom stereocenters. The summed E-state index contributed by atoms with van der Waals surface area (Å²) in [6.07, 6.45) is -4.55. The molecule has 0 aliphatic heterocycles. The molecule has 0 aromatic heterocycles. The SMILES string of the molecule is CC(C(=O)O)c1cc(-c2ccccc2C(F)(F)F)ccc1C(=O)N(C)C. The molecule has 1 unspecified atom stereocenters. The summed E-state index contributed by atoms with van der Waals surface area (Å²) in [6, 6.07) is 9.18.